The number of aliphatic hydroxyl groups excluding tert-OH is 13. The van der Waals surface area contributed by atoms with Crippen molar-refractivity contribution >= 4 is 17.6 Å². The second-order valence-corrected chi connectivity index (χ2v) is 27.8. The lowest BCUT2D eigenvalue weighted by molar-refractivity contribution is -0.379. The Morgan fingerprint density at radius 2 is 1.14 bits per heavy atom. The fourth-order valence-electron chi connectivity index (χ4n) is 16.3. The van der Waals surface area contributed by atoms with E-state index in [1.807, 2.05) is 13.8 Å². The molecular formula is C62H98N2O26. The molecule has 2 amide bonds. The zero-order chi connectivity index (χ0) is 65.8. The molecule has 0 spiro atoms. The van der Waals surface area contributed by atoms with Gasteiger partial charge in [0.1, 0.15) is 116 Å². The molecule has 0 aromatic heterocycles. The van der Waals surface area contributed by atoms with Crippen LogP contribution in [0.4, 0.5) is 0 Å². The summed E-state index contributed by atoms with van der Waals surface area (Å²) < 4.78 is 61.8. The first-order valence-electron chi connectivity index (χ1n) is 31.6. The number of allylic oxidation sites excluding steroid dienone is 6. The van der Waals surface area contributed by atoms with Gasteiger partial charge in [-0.1, -0.05) is 52.3 Å². The van der Waals surface area contributed by atoms with E-state index in [-0.39, 0.29) is 28.4 Å². The smallest absolute Gasteiger partial charge is 0.217 e. The van der Waals surface area contributed by atoms with Gasteiger partial charge >= 0.3 is 0 Å². The molecule has 7 fully saturated rings. The number of aliphatic hydroxyl groups is 13. The Kier molecular flexibility index (Phi) is 22.7. The van der Waals surface area contributed by atoms with Crippen LogP contribution in [0, 0.1) is 39.9 Å². The first-order valence-corrected chi connectivity index (χ1v) is 31.6. The Labute approximate surface area is 523 Å². The number of carbonyl (C=O) groups is 3. The van der Waals surface area contributed by atoms with Gasteiger partial charge in [0.05, 0.1) is 39.1 Å². The Balaban J connectivity index is 0.986. The van der Waals surface area contributed by atoms with Crippen LogP contribution in [0.25, 0.3) is 0 Å². The van der Waals surface area contributed by atoms with Gasteiger partial charge in [-0.2, -0.15) is 0 Å². The molecule has 9 aliphatic rings. The highest BCUT2D eigenvalue weighted by atomic mass is 16.8. The third kappa shape index (κ3) is 14.0. The molecule has 28 heteroatoms. The summed E-state index contributed by atoms with van der Waals surface area (Å²) in [5.41, 5.74) is 2.80. The molecule has 0 bridgehead atoms. The molecule has 90 heavy (non-hydrogen) atoms. The average molecular weight is 1290 g/mol. The van der Waals surface area contributed by atoms with Crippen LogP contribution in [0.3, 0.4) is 0 Å². The molecule has 5 heterocycles. The Hall–Kier alpha value is -3.09. The van der Waals surface area contributed by atoms with Crippen LogP contribution in [0.2, 0.25) is 0 Å². The van der Waals surface area contributed by atoms with Gasteiger partial charge in [-0.3, -0.25) is 14.4 Å². The largest absolute Gasteiger partial charge is 0.394 e. The quantitative estimate of drug-likeness (QED) is 0.0544. The van der Waals surface area contributed by atoms with Crippen molar-refractivity contribution in [3.63, 3.8) is 0 Å². The maximum absolute atomic E-state index is 13.0. The summed E-state index contributed by atoms with van der Waals surface area (Å²) in [4.78, 5) is 38.4. The summed E-state index contributed by atoms with van der Waals surface area (Å²) in [7, 11) is 0. The van der Waals surface area contributed by atoms with E-state index in [9.17, 15) is 80.8 Å². The molecule has 31 atom stereocenters. The van der Waals surface area contributed by atoms with Crippen molar-refractivity contribution in [2.75, 3.05) is 33.0 Å². The fourth-order valence-corrected chi connectivity index (χ4v) is 16.3. The Morgan fingerprint density at radius 1 is 0.611 bits per heavy atom. The van der Waals surface area contributed by atoms with Crippen LogP contribution in [0.1, 0.15) is 107 Å². The number of carbonyl (C=O) groups excluding carboxylic acids is 3. The lowest BCUT2D eigenvalue weighted by Gasteiger charge is -2.60. The Bertz CT molecular complexity index is 2590. The number of hydrogen-bond donors (Lipinski definition) is 15. The van der Waals surface area contributed by atoms with E-state index >= 15 is 0 Å². The van der Waals surface area contributed by atoms with Crippen molar-refractivity contribution in [2.24, 2.45) is 39.9 Å². The number of nitrogens with one attached hydrogen (secondary N) is 2. The van der Waals surface area contributed by atoms with Crippen LogP contribution in [0.15, 0.2) is 34.9 Å². The predicted molar refractivity (Wildman–Crippen MR) is 309 cm³/mol. The van der Waals surface area contributed by atoms with E-state index in [0.29, 0.717) is 31.1 Å². The first-order chi connectivity index (χ1) is 42.4. The van der Waals surface area contributed by atoms with Gasteiger partial charge in [-0.15, -0.1) is 0 Å². The van der Waals surface area contributed by atoms with Crippen molar-refractivity contribution in [3.8, 4) is 0 Å². The third-order valence-electron chi connectivity index (χ3n) is 21.1. The first kappa shape index (κ1) is 71.2. The standard InChI is InChI=1S/C62H98N2O26/c1-25(2)18-29(70)19-26(3)31-11-12-32-30-10-13-39-60(6,7)40(15-17-62(39,9)33(30)14-16-61(31,32)8)88-59-53(47(75)38(24-82-59)87-55-41(63-27(4)68)48(76)43(71)34(20-65)83-55)89-56-42(64-28(5)69)49(77)46(74)37(86-56)23-81-58-54(51(79)45(73)36(22-67)85-58)90-57-52(80)50(78)44(72)35(21-66)84-57/h10,14,18,26,31-32,34-59,65-67,71-80H,11-13,15-17,19-24H2,1-9H3,(H,63,68)(H,64,69)/t26-,31-,32+,34-,35-,36-,37-,38-,39+,40+,41-,42-,43+,44-,45-,46-,47+,48-,49-,50+,51+,52-,53-,54-,55+,56+,57+,58-,59+,61-,62-/m1/s1. The van der Waals surface area contributed by atoms with E-state index < -0.39 is 204 Å². The van der Waals surface area contributed by atoms with Crippen LogP contribution in [-0.4, -0.2) is 270 Å². The maximum atomic E-state index is 13.0. The van der Waals surface area contributed by atoms with Crippen molar-refractivity contribution in [1.29, 1.82) is 0 Å². The summed E-state index contributed by atoms with van der Waals surface area (Å²) in [6, 6.07) is -3.07. The lowest BCUT2D eigenvalue weighted by Crippen LogP contribution is -2.68. The zero-order valence-electron chi connectivity index (χ0n) is 52.6. The minimum absolute atomic E-state index is 0.0214. The van der Waals surface area contributed by atoms with Crippen molar-refractivity contribution in [1.82, 2.24) is 10.6 Å². The highest BCUT2D eigenvalue weighted by Crippen LogP contribution is 2.67. The summed E-state index contributed by atoms with van der Waals surface area (Å²) in [6.07, 6.45) is -27.1. The van der Waals surface area contributed by atoms with E-state index in [4.69, 9.17) is 47.4 Å². The molecule has 2 saturated carbocycles. The molecule has 28 nitrogen and oxygen atoms in total. The maximum Gasteiger partial charge on any atom is 0.217 e. The van der Waals surface area contributed by atoms with Gasteiger partial charge in [0.25, 0.3) is 0 Å². The predicted octanol–water partition coefficient (Wildman–Crippen LogP) is -2.91. The lowest BCUT2D eigenvalue weighted by atomic mass is 9.46. The van der Waals surface area contributed by atoms with Gasteiger partial charge < -0.3 is 124 Å². The van der Waals surface area contributed by atoms with Crippen molar-refractivity contribution in [2.45, 2.75) is 261 Å². The van der Waals surface area contributed by atoms with Gasteiger partial charge in [-0.25, -0.2) is 0 Å². The molecule has 9 rings (SSSR count). The second kappa shape index (κ2) is 28.7. The number of ketones is 1. The minimum Gasteiger partial charge on any atom is -0.394 e. The SMILES string of the molecule is CC(=O)N[C@H]1[C@H](O[C@@H]2CO[C@@H](O[C@H]3CC[C@]4(C)C5=CC[C@]6(C)[C@@H]([C@H](C)CC(=O)C=C(C)C)CC[C@H]6C5=CC[C@H]4C3(C)C)[C@H](O[C@@H]3O[C@H](CO[C@@H]4O[C@H](CO)[C@@H](O)[C@H](O)[C@H]4O[C@@H]4O[C@H](CO)[C@@H](O)[C@H](O)[C@H]4O)[C@@H](O)[C@H](O)[C@H]3NC(C)=O)[C@H]2O)O[C@H](CO)[C@H](O)[C@@H]1O. The van der Waals surface area contributed by atoms with Crippen LogP contribution in [0.5, 0.6) is 0 Å². The van der Waals surface area contributed by atoms with Crippen LogP contribution < -0.4 is 10.6 Å². The van der Waals surface area contributed by atoms with Crippen molar-refractivity contribution < 1.29 is 128 Å². The number of rotatable bonds is 20. The van der Waals surface area contributed by atoms with Gasteiger partial charge in [0.15, 0.2) is 37.2 Å². The number of fused-ring (bicyclic) bond motifs is 5. The molecular weight excluding hydrogens is 1190 g/mol. The third-order valence-corrected chi connectivity index (χ3v) is 21.1. The number of ether oxygens (including phenoxy) is 10. The summed E-state index contributed by atoms with van der Waals surface area (Å²) in [6.45, 7) is 13.6. The molecule has 0 aromatic carbocycles. The number of hydrogen-bond acceptors (Lipinski definition) is 26. The topological polar surface area (TPSA) is 431 Å². The normalized spacial score (nSPS) is 47.1. The van der Waals surface area contributed by atoms with Gasteiger partial charge in [-0.05, 0) is 110 Å². The zero-order valence-corrected chi connectivity index (χ0v) is 52.6. The highest BCUT2D eigenvalue weighted by Gasteiger charge is 2.62. The van der Waals surface area contributed by atoms with Crippen LogP contribution >= 0.6 is 0 Å². The molecule has 5 aliphatic heterocycles. The second-order valence-electron chi connectivity index (χ2n) is 27.8. The van der Waals surface area contributed by atoms with E-state index in [1.165, 1.54) is 11.1 Å². The molecule has 0 radical (unpaired) electrons. The van der Waals surface area contributed by atoms with E-state index in [1.54, 1.807) is 6.08 Å². The molecule has 4 aliphatic carbocycles. The molecule has 0 unspecified atom stereocenters. The van der Waals surface area contributed by atoms with E-state index in [0.717, 1.165) is 45.1 Å². The molecule has 15 N–H and O–H groups in total. The summed E-state index contributed by atoms with van der Waals surface area (Å²) in [5.74, 6) is -0.291. The van der Waals surface area contributed by atoms with E-state index in [2.05, 4.69) is 57.4 Å². The Morgan fingerprint density at radius 3 is 1.74 bits per heavy atom. The average Bonchev–Trinajstić information content (AvgIpc) is 1.17. The highest BCUT2D eigenvalue weighted by molar-refractivity contribution is 5.90. The molecule has 5 saturated heterocycles. The molecule has 0 aromatic rings. The van der Waals surface area contributed by atoms with Gasteiger partial charge in [0.2, 0.25) is 11.8 Å². The summed E-state index contributed by atoms with van der Waals surface area (Å²) >= 11 is 0. The number of amides is 2. The van der Waals surface area contributed by atoms with Crippen molar-refractivity contribution in [3.05, 3.63) is 34.9 Å². The fraction of sp³-hybridized carbons (Fsp3) is 0.855. The van der Waals surface area contributed by atoms with Gasteiger partial charge in [0, 0.05) is 20.3 Å². The molecule has 512 valence electrons. The minimum atomic E-state index is -1.99. The monoisotopic (exact) mass is 1290 g/mol. The summed E-state index contributed by atoms with van der Waals surface area (Å²) in [5, 5.41) is 147. The van der Waals surface area contributed by atoms with Crippen LogP contribution in [-0.2, 0) is 61.8 Å².